The van der Waals surface area contributed by atoms with Gasteiger partial charge in [-0.2, -0.15) is 10.5 Å². The second kappa shape index (κ2) is 13.7. The first-order chi connectivity index (χ1) is 16.2. The van der Waals surface area contributed by atoms with E-state index >= 15 is 0 Å². The standard InChI is InChI=1S/C28H34N2S3/c1-3-5-7-9-11-23-24(12-10-8-6-4-2)28(26-22(14-18-30)16-20-32-26)33-27(23)25-21(13-17-29)15-19-31-25/h15-16,19-20H,3-14H2,1-2H3. The van der Waals surface area contributed by atoms with Crippen LogP contribution in [0.15, 0.2) is 22.9 Å². The van der Waals surface area contributed by atoms with Crippen LogP contribution in [0.4, 0.5) is 0 Å². The summed E-state index contributed by atoms with van der Waals surface area (Å²) in [4.78, 5) is 5.32. The van der Waals surface area contributed by atoms with Crippen LogP contribution < -0.4 is 0 Å². The minimum Gasteiger partial charge on any atom is -0.198 e. The lowest BCUT2D eigenvalue weighted by atomic mass is 9.95. The molecular formula is C28H34N2S3. The van der Waals surface area contributed by atoms with Gasteiger partial charge in [-0.15, -0.1) is 34.0 Å². The normalized spacial score (nSPS) is 10.9. The highest BCUT2D eigenvalue weighted by atomic mass is 32.1. The molecule has 0 bridgehead atoms. The fourth-order valence-corrected chi connectivity index (χ4v) is 8.04. The van der Waals surface area contributed by atoms with Crippen LogP contribution in [0.25, 0.3) is 19.5 Å². The van der Waals surface area contributed by atoms with Gasteiger partial charge in [-0.1, -0.05) is 52.4 Å². The van der Waals surface area contributed by atoms with Crippen LogP contribution in [0.3, 0.4) is 0 Å². The van der Waals surface area contributed by atoms with Gasteiger partial charge >= 0.3 is 0 Å². The third-order valence-corrected chi connectivity index (χ3v) is 9.64. The minimum absolute atomic E-state index is 0.464. The topological polar surface area (TPSA) is 47.6 Å². The molecule has 0 radical (unpaired) electrons. The summed E-state index contributed by atoms with van der Waals surface area (Å²) in [6, 6.07) is 8.96. The average molecular weight is 495 g/mol. The molecule has 2 nitrogen and oxygen atoms in total. The number of hydrogen-bond donors (Lipinski definition) is 0. The van der Waals surface area contributed by atoms with Crippen molar-refractivity contribution in [3.63, 3.8) is 0 Å². The van der Waals surface area contributed by atoms with E-state index in [2.05, 4.69) is 48.9 Å². The molecule has 5 heteroatoms. The van der Waals surface area contributed by atoms with E-state index in [4.69, 9.17) is 0 Å². The molecule has 0 aliphatic rings. The van der Waals surface area contributed by atoms with Crippen molar-refractivity contribution in [1.82, 2.24) is 0 Å². The predicted molar refractivity (Wildman–Crippen MR) is 145 cm³/mol. The van der Waals surface area contributed by atoms with Crippen LogP contribution in [0.2, 0.25) is 0 Å². The summed E-state index contributed by atoms with van der Waals surface area (Å²) in [5, 5.41) is 23.0. The Morgan fingerprint density at radius 2 is 1.09 bits per heavy atom. The first-order valence-corrected chi connectivity index (χ1v) is 14.8. The van der Waals surface area contributed by atoms with Gasteiger partial charge in [0.15, 0.2) is 0 Å². The Morgan fingerprint density at radius 3 is 1.48 bits per heavy atom. The molecule has 33 heavy (non-hydrogen) atoms. The van der Waals surface area contributed by atoms with Gasteiger partial charge in [-0.3, -0.25) is 0 Å². The fourth-order valence-electron chi connectivity index (χ4n) is 4.37. The summed E-state index contributed by atoms with van der Waals surface area (Å²) < 4.78 is 0. The maximum atomic E-state index is 9.38. The van der Waals surface area contributed by atoms with E-state index in [0.29, 0.717) is 12.8 Å². The Morgan fingerprint density at radius 1 is 0.636 bits per heavy atom. The SMILES string of the molecule is CCCCCCc1c(-c2sccc2CC#N)sc(-c2sccc2CC#N)c1CCCCCC. The lowest BCUT2D eigenvalue weighted by Crippen LogP contribution is -1.96. The Bertz CT molecular complexity index is 1000. The minimum atomic E-state index is 0.464. The van der Waals surface area contributed by atoms with Gasteiger partial charge in [0.2, 0.25) is 0 Å². The van der Waals surface area contributed by atoms with Gasteiger partial charge in [0.25, 0.3) is 0 Å². The number of thiophene rings is 3. The third kappa shape index (κ3) is 6.57. The van der Waals surface area contributed by atoms with Crippen molar-refractivity contribution in [2.45, 2.75) is 90.9 Å². The molecule has 0 aromatic carbocycles. The molecule has 3 heterocycles. The number of rotatable bonds is 14. The van der Waals surface area contributed by atoms with E-state index < -0.39 is 0 Å². The molecule has 0 unspecified atom stereocenters. The van der Waals surface area contributed by atoms with Gasteiger partial charge in [0.05, 0.1) is 25.0 Å². The van der Waals surface area contributed by atoms with Gasteiger partial charge in [-0.05, 0) is 70.8 Å². The molecule has 0 N–H and O–H groups in total. The maximum Gasteiger partial charge on any atom is 0.0670 e. The first kappa shape index (κ1) is 25.7. The quantitative estimate of drug-likeness (QED) is 0.209. The Hall–Kier alpha value is -1.92. The summed E-state index contributed by atoms with van der Waals surface area (Å²) in [6.45, 7) is 4.53. The summed E-state index contributed by atoms with van der Waals surface area (Å²) in [7, 11) is 0. The van der Waals surface area contributed by atoms with Gasteiger partial charge in [0, 0.05) is 19.5 Å². The van der Waals surface area contributed by atoms with Crippen molar-refractivity contribution >= 4 is 34.0 Å². The molecule has 0 saturated carbocycles. The third-order valence-electron chi connectivity index (χ3n) is 6.12. The number of nitriles is 2. The lowest BCUT2D eigenvalue weighted by molar-refractivity contribution is 0.653. The van der Waals surface area contributed by atoms with E-state index in [1.807, 2.05) is 11.3 Å². The Kier molecular flexibility index (Phi) is 10.7. The molecule has 3 rings (SSSR count). The van der Waals surface area contributed by atoms with Gasteiger partial charge in [-0.25, -0.2) is 0 Å². The average Bonchev–Trinajstić information content (AvgIpc) is 3.54. The fraction of sp³-hybridized carbons (Fsp3) is 0.500. The van der Waals surface area contributed by atoms with Gasteiger partial charge in [0.1, 0.15) is 0 Å². The highest BCUT2D eigenvalue weighted by molar-refractivity contribution is 7.26. The maximum absolute atomic E-state index is 9.38. The summed E-state index contributed by atoms with van der Waals surface area (Å²) in [5.74, 6) is 0. The predicted octanol–water partition coefficient (Wildman–Crippen LogP) is 9.58. The molecular weight excluding hydrogens is 461 g/mol. The molecule has 0 aliphatic heterocycles. The second-order valence-electron chi connectivity index (χ2n) is 8.56. The molecule has 3 aromatic heterocycles. The van der Waals surface area contributed by atoms with Crippen LogP contribution in [-0.4, -0.2) is 0 Å². The van der Waals surface area contributed by atoms with Crippen molar-refractivity contribution in [1.29, 1.82) is 10.5 Å². The Labute approximate surface area is 211 Å². The van der Waals surface area contributed by atoms with Crippen molar-refractivity contribution in [3.8, 4) is 31.6 Å². The molecule has 0 saturated heterocycles. The lowest BCUT2D eigenvalue weighted by Gasteiger charge is -2.10. The largest absolute Gasteiger partial charge is 0.198 e. The summed E-state index contributed by atoms with van der Waals surface area (Å²) >= 11 is 5.46. The number of nitrogens with zero attached hydrogens (tertiary/aromatic N) is 2. The van der Waals surface area contributed by atoms with Crippen LogP contribution in [0.1, 0.15) is 87.5 Å². The second-order valence-corrected chi connectivity index (χ2v) is 11.4. The Balaban J connectivity index is 2.11. The smallest absolute Gasteiger partial charge is 0.0670 e. The monoisotopic (exact) mass is 494 g/mol. The van der Waals surface area contributed by atoms with Crippen LogP contribution >= 0.6 is 34.0 Å². The zero-order valence-corrected chi connectivity index (χ0v) is 22.4. The van der Waals surface area contributed by atoms with Crippen LogP contribution in [0.5, 0.6) is 0 Å². The van der Waals surface area contributed by atoms with E-state index in [1.54, 1.807) is 22.7 Å². The molecule has 3 aromatic rings. The molecule has 0 fully saturated rings. The van der Waals surface area contributed by atoms with Crippen molar-refractivity contribution < 1.29 is 0 Å². The van der Waals surface area contributed by atoms with Crippen molar-refractivity contribution in [3.05, 3.63) is 45.1 Å². The van der Waals surface area contributed by atoms with E-state index in [1.165, 1.54) is 82.0 Å². The summed E-state index contributed by atoms with van der Waals surface area (Å²) in [5.41, 5.74) is 5.35. The van der Waals surface area contributed by atoms with Crippen molar-refractivity contribution in [2.75, 3.05) is 0 Å². The molecule has 0 spiro atoms. The molecule has 0 aliphatic carbocycles. The molecule has 0 atom stereocenters. The zero-order chi connectivity index (χ0) is 23.5. The zero-order valence-electron chi connectivity index (χ0n) is 19.9. The number of unbranched alkanes of at least 4 members (excludes halogenated alkanes) is 6. The van der Waals surface area contributed by atoms with Crippen LogP contribution in [0, 0.1) is 22.7 Å². The highest BCUT2D eigenvalue weighted by Gasteiger charge is 2.24. The van der Waals surface area contributed by atoms with E-state index in [-0.39, 0.29) is 0 Å². The number of hydrogen-bond acceptors (Lipinski definition) is 5. The highest BCUT2D eigenvalue weighted by Crippen LogP contribution is 2.48. The summed E-state index contributed by atoms with van der Waals surface area (Å²) in [6.07, 6.45) is 13.2. The van der Waals surface area contributed by atoms with E-state index in [9.17, 15) is 10.5 Å². The van der Waals surface area contributed by atoms with E-state index in [0.717, 1.165) is 24.0 Å². The first-order valence-electron chi connectivity index (χ1n) is 12.3. The van der Waals surface area contributed by atoms with Crippen molar-refractivity contribution in [2.24, 2.45) is 0 Å². The molecule has 174 valence electrons. The van der Waals surface area contributed by atoms with Gasteiger partial charge < -0.3 is 0 Å². The molecule has 0 amide bonds. The van der Waals surface area contributed by atoms with Crippen LogP contribution in [-0.2, 0) is 25.7 Å².